The highest BCUT2D eigenvalue weighted by Crippen LogP contribution is 2.44. The summed E-state index contributed by atoms with van der Waals surface area (Å²) in [6.07, 6.45) is -4.43. The van der Waals surface area contributed by atoms with Crippen LogP contribution in [0.4, 0.5) is 18.9 Å². The molecule has 1 aliphatic heterocycles. The number of benzene rings is 1. The zero-order valence-corrected chi connectivity index (χ0v) is 10.9. The lowest BCUT2D eigenvalue weighted by molar-refractivity contribution is -0.385. The average molecular weight is 304 g/mol. The van der Waals surface area contributed by atoms with Gasteiger partial charge in [-0.15, -0.1) is 0 Å². The molecule has 1 aliphatic rings. The molecule has 0 radical (unpaired) electrons. The Hall–Kier alpha value is -2.32. The van der Waals surface area contributed by atoms with Gasteiger partial charge in [-0.25, -0.2) is 0 Å². The van der Waals surface area contributed by atoms with E-state index in [0.717, 1.165) is 6.07 Å². The van der Waals surface area contributed by atoms with Crippen LogP contribution >= 0.6 is 0 Å². The lowest BCUT2D eigenvalue weighted by Crippen LogP contribution is -2.42. The Morgan fingerprint density at radius 1 is 1.48 bits per heavy atom. The second-order valence-electron chi connectivity index (χ2n) is 4.52. The van der Waals surface area contributed by atoms with Gasteiger partial charge in [0.2, 0.25) is 6.41 Å². The van der Waals surface area contributed by atoms with Gasteiger partial charge in [0, 0.05) is 12.6 Å². The summed E-state index contributed by atoms with van der Waals surface area (Å²) < 4.78 is 44.4. The molecule has 114 valence electrons. The van der Waals surface area contributed by atoms with E-state index in [1.807, 2.05) is 0 Å². The molecule has 0 aliphatic carbocycles. The molecular weight excluding hydrogens is 293 g/mol. The number of alkyl halides is 3. The summed E-state index contributed by atoms with van der Waals surface area (Å²) >= 11 is 0. The number of nitro benzene ring substituents is 1. The number of fused-ring (bicyclic) bond motifs is 1. The van der Waals surface area contributed by atoms with Crippen LogP contribution in [-0.2, 0) is 11.2 Å². The lowest BCUT2D eigenvalue weighted by Gasteiger charge is -2.35. The van der Waals surface area contributed by atoms with Crippen molar-refractivity contribution in [1.29, 1.82) is 0 Å². The molecule has 1 heterocycles. The van der Waals surface area contributed by atoms with Crippen LogP contribution in [0.1, 0.15) is 17.2 Å². The summed E-state index contributed by atoms with van der Waals surface area (Å²) in [5.74, 6) is -0.0979. The van der Waals surface area contributed by atoms with E-state index in [1.165, 1.54) is 13.2 Å². The van der Waals surface area contributed by atoms with Gasteiger partial charge >= 0.3 is 11.9 Å². The highest BCUT2D eigenvalue weighted by Gasteiger charge is 2.48. The van der Waals surface area contributed by atoms with Crippen molar-refractivity contribution in [3.8, 4) is 5.75 Å². The summed E-state index contributed by atoms with van der Waals surface area (Å²) in [5, 5.41) is 10.9. The highest BCUT2D eigenvalue weighted by atomic mass is 19.4. The van der Waals surface area contributed by atoms with Crippen molar-refractivity contribution in [2.24, 2.45) is 0 Å². The summed E-state index contributed by atoms with van der Waals surface area (Å²) in [7, 11) is 1.20. The number of nitro groups is 1. The Morgan fingerprint density at radius 3 is 2.62 bits per heavy atom. The Kier molecular flexibility index (Phi) is 3.75. The van der Waals surface area contributed by atoms with E-state index in [0.29, 0.717) is 4.90 Å². The van der Waals surface area contributed by atoms with Crippen molar-refractivity contribution in [1.82, 2.24) is 4.90 Å². The smallest absolute Gasteiger partial charge is 0.413 e. The first-order valence-corrected chi connectivity index (χ1v) is 5.92. The van der Waals surface area contributed by atoms with E-state index in [9.17, 15) is 28.1 Å². The molecule has 0 saturated heterocycles. The number of methoxy groups -OCH3 is 1. The molecule has 0 saturated carbocycles. The molecule has 1 atom stereocenters. The number of carbonyl (C=O) groups is 1. The topological polar surface area (TPSA) is 72.7 Å². The fourth-order valence-electron chi connectivity index (χ4n) is 2.44. The molecule has 0 spiro atoms. The maximum atomic E-state index is 13.2. The zero-order chi connectivity index (χ0) is 15.8. The number of rotatable bonds is 3. The van der Waals surface area contributed by atoms with E-state index in [4.69, 9.17) is 4.74 Å². The van der Waals surface area contributed by atoms with Gasteiger partial charge in [0.1, 0.15) is 0 Å². The van der Waals surface area contributed by atoms with Gasteiger partial charge in [-0.1, -0.05) is 0 Å². The molecule has 6 nitrogen and oxygen atoms in total. The van der Waals surface area contributed by atoms with Crippen molar-refractivity contribution < 1.29 is 27.6 Å². The van der Waals surface area contributed by atoms with E-state index in [2.05, 4.69) is 0 Å². The van der Waals surface area contributed by atoms with Crippen LogP contribution in [0.15, 0.2) is 12.1 Å². The van der Waals surface area contributed by atoms with Gasteiger partial charge in [0.25, 0.3) is 0 Å². The van der Waals surface area contributed by atoms with Crippen molar-refractivity contribution in [3.63, 3.8) is 0 Å². The fourth-order valence-corrected chi connectivity index (χ4v) is 2.44. The monoisotopic (exact) mass is 304 g/mol. The third-order valence-electron chi connectivity index (χ3n) is 3.35. The summed E-state index contributed by atoms with van der Waals surface area (Å²) in [6, 6.07) is -0.112. The number of amides is 1. The molecule has 1 amide bonds. The van der Waals surface area contributed by atoms with Gasteiger partial charge in [-0.3, -0.25) is 14.9 Å². The van der Waals surface area contributed by atoms with Crippen LogP contribution in [0.25, 0.3) is 0 Å². The number of hydrogen-bond donors (Lipinski definition) is 0. The number of carbonyl (C=O) groups excluding carboxylic acids is 1. The third kappa shape index (κ3) is 2.63. The van der Waals surface area contributed by atoms with Crippen molar-refractivity contribution in [2.45, 2.75) is 18.6 Å². The first-order valence-electron chi connectivity index (χ1n) is 5.92. The molecule has 1 aromatic rings. The average Bonchev–Trinajstić information content (AvgIpc) is 2.43. The third-order valence-corrected chi connectivity index (χ3v) is 3.35. The molecule has 9 heteroatoms. The van der Waals surface area contributed by atoms with Crippen LogP contribution < -0.4 is 4.74 Å². The molecule has 0 aromatic heterocycles. The van der Waals surface area contributed by atoms with E-state index in [1.54, 1.807) is 0 Å². The molecule has 0 N–H and O–H groups in total. The van der Waals surface area contributed by atoms with E-state index >= 15 is 0 Å². The zero-order valence-electron chi connectivity index (χ0n) is 10.9. The standard InChI is InChI=1S/C12H11F3N2O4/c1-21-10-4-7-2-3-16(6-18)11(12(13,14)15)8(7)5-9(10)17(19)20/h4-6,11H,2-3H2,1H3. The van der Waals surface area contributed by atoms with Crippen molar-refractivity contribution in [2.75, 3.05) is 13.7 Å². The quantitative estimate of drug-likeness (QED) is 0.487. The molecule has 1 aromatic carbocycles. The highest BCUT2D eigenvalue weighted by molar-refractivity contribution is 5.57. The normalized spacial score (nSPS) is 18.1. The van der Waals surface area contributed by atoms with Crippen LogP contribution in [0.3, 0.4) is 0 Å². The summed E-state index contributed by atoms with van der Waals surface area (Å²) in [6.45, 7) is -0.109. The van der Waals surface area contributed by atoms with Gasteiger partial charge in [-0.05, 0) is 23.6 Å². The van der Waals surface area contributed by atoms with Crippen molar-refractivity contribution >= 4 is 12.1 Å². The molecular formula is C12H11F3N2O4. The molecule has 0 bridgehead atoms. The van der Waals surface area contributed by atoms with Gasteiger partial charge in [0.15, 0.2) is 11.8 Å². The van der Waals surface area contributed by atoms with Crippen LogP contribution in [0, 0.1) is 10.1 Å². The number of hydrogen-bond acceptors (Lipinski definition) is 4. The largest absolute Gasteiger partial charge is 0.490 e. The minimum absolute atomic E-state index is 0.0979. The number of nitrogens with zero attached hydrogens (tertiary/aromatic N) is 2. The number of halogens is 3. The minimum atomic E-state index is -4.71. The van der Waals surface area contributed by atoms with E-state index < -0.39 is 22.8 Å². The minimum Gasteiger partial charge on any atom is -0.490 e. The molecule has 1 unspecified atom stereocenters. The lowest BCUT2D eigenvalue weighted by atomic mass is 9.91. The Morgan fingerprint density at radius 2 is 2.14 bits per heavy atom. The van der Waals surface area contributed by atoms with Crippen LogP contribution in [0.2, 0.25) is 0 Å². The SMILES string of the molecule is COc1cc2c(cc1[N+](=O)[O-])C(C(F)(F)F)N(C=O)CC2. The second kappa shape index (κ2) is 5.23. The Balaban J connectivity index is 2.64. The van der Waals surface area contributed by atoms with Gasteiger partial charge in [0.05, 0.1) is 12.0 Å². The van der Waals surface area contributed by atoms with Gasteiger partial charge < -0.3 is 9.64 Å². The first kappa shape index (κ1) is 15.1. The summed E-state index contributed by atoms with van der Waals surface area (Å²) in [5.41, 5.74) is -0.551. The second-order valence-corrected chi connectivity index (χ2v) is 4.52. The first-order chi connectivity index (χ1) is 9.79. The maximum Gasteiger partial charge on any atom is 0.413 e. The summed E-state index contributed by atoms with van der Waals surface area (Å²) in [4.78, 5) is 21.6. The number of ether oxygens (including phenoxy) is 1. The maximum absolute atomic E-state index is 13.2. The van der Waals surface area contributed by atoms with Gasteiger partial charge in [-0.2, -0.15) is 13.2 Å². The van der Waals surface area contributed by atoms with Crippen LogP contribution in [-0.4, -0.2) is 36.1 Å². The van der Waals surface area contributed by atoms with Crippen molar-refractivity contribution in [3.05, 3.63) is 33.4 Å². The molecule has 2 rings (SSSR count). The van der Waals surface area contributed by atoms with Crippen LogP contribution in [0.5, 0.6) is 5.75 Å². The molecule has 21 heavy (non-hydrogen) atoms. The van der Waals surface area contributed by atoms with E-state index in [-0.39, 0.29) is 36.3 Å². The fraction of sp³-hybridized carbons (Fsp3) is 0.417. The predicted octanol–water partition coefficient (Wildman–Crippen LogP) is 2.22. The Labute approximate surface area is 117 Å². The Bertz CT molecular complexity index is 589. The predicted molar refractivity (Wildman–Crippen MR) is 64.9 cm³/mol. The molecule has 0 fully saturated rings.